The van der Waals surface area contributed by atoms with Gasteiger partial charge in [0.05, 0.1) is 0 Å². The Balaban J connectivity index is 2.42. The lowest BCUT2D eigenvalue weighted by Crippen LogP contribution is -2.21. The predicted molar refractivity (Wildman–Crippen MR) is 67.2 cm³/mol. The van der Waals surface area contributed by atoms with E-state index in [0.717, 1.165) is 12.1 Å². The molecule has 0 amide bonds. The second-order valence-corrected chi connectivity index (χ2v) is 4.53. The van der Waals surface area contributed by atoms with Crippen molar-refractivity contribution in [3.63, 3.8) is 0 Å². The Morgan fingerprint density at radius 2 is 1.94 bits per heavy atom. The minimum absolute atomic E-state index is 0.271. The first-order chi connectivity index (χ1) is 7.65. The Bertz CT molecular complexity index is 303. The Labute approximate surface area is 102 Å². The zero-order valence-electron chi connectivity index (χ0n) is 9.89. The number of halogens is 2. The van der Waals surface area contributed by atoms with E-state index in [1.165, 1.54) is 25.0 Å². The van der Waals surface area contributed by atoms with E-state index in [1.807, 2.05) is 0 Å². The molecule has 1 nitrogen and oxygen atoms in total. The van der Waals surface area contributed by atoms with Crippen LogP contribution in [0.2, 0.25) is 5.02 Å². The van der Waals surface area contributed by atoms with Gasteiger partial charge < -0.3 is 5.32 Å². The SMILES string of the molecule is CCC(CC)CNCc1cc(F)cc(Cl)c1. The lowest BCUT2D eigenvalue weighted by molar-refractivity contribution is 0.449. The Kier molecular flexibility index (Phi) is 5.78. The predicted octanol–water partition coefficient (Wildman–Crippen LogP) is 4.00. The van der Waals surface area contributed by atoms with Crippen LogP contribution in [0.4, 0.5) is 4.39 Å². The summed E-state index contributed by atoms with van der Waals surface area (Å²) in [6, 6.07) is 4.64. The highest BCUT2D eigenvalue weighted by Crippen LogP contribution is 2.14. The molecule has 0 atom stereocenters. The molecule has 1 N–H and O–H groups in total. The highest BCUT2D eigenvalue weighted by atomic mass is 35.5. The van der Waals surface area contributed by atoms with Crippen molar-refractivity contribution in [3.8, 4) is 0 Å². The lowest BCUT2D eigenvalue weighted by Gasteiger charge is -2.13. The number of benzene rings is 1. The van der Waals surface area contributed by atoms with Crippen molar-refractivity contribution in [1.82, 2.24) is 5.32 Å². The van der Waals surface area contributed by atoms with E-state index in [1.54, 1.807) is 6.07 Å². The van der Waals surface area contributed by atoms with Gasteiger partial charge in [-0.15, -0.1) is 0 Å². The Morgan fingerprint density at radius 3 is 2.50 bits per heavy atom. The van der Waals surface area contributed by atoms with Crippen LogP contribution < -0.4 is 5.32 Å². The van der Waals surface area contributed by atoms with Gasteiger partial charge >= 0.3 is 0 Å². The zero-order chi connectivity index (χ0) is 12.0. The first-order valence-electron chi connectivity index (χ1n) is 5.81. The van der Waals surface area contributed by atoms with Gasteiger partial charge in [-0.3, -0.25) is 0 Å². The molecule has 0 radical (unpaired) electrons. The van der Waals surface area contributed by atoms with E-state index in [9.17, 15) is 4.39 Å². The van der Waals surface area contributed by atoms with E-state index in [0.29, 0.717) is 17.5 Å². The quantitative estimate of drug-likeness (QED) is 0.796. The summed E-state index contributed by atoms with van der Waals surface area (Å²) in [5, 5.41) is 3.79. The van der Waals surface area contributed by atoms with E-state index in [4.69, 9.17) is 11.6 Å². The molecule has 3 heteroatoms. The number of rotatable bonds is 6. The molecule has 1 rings (SSSR count). The topological polar surface area (TPSA) is 12.0 Å². The summed E-state index contributed by atoms with van der Waals surface area (Å²) in [6.45, 7) is 6.03. The second-order valence-electron chi connectivity index (χ2n) is 4.09. The molecule has 0 aliphatic rings. The van der Waals surface area contributed by atoms with Gasteiger partial charge in [0, 0.05) is 11.6 Å². The smallest absolute Gasteiger partial charge is 0.125 e. The summed E-state index contributed by atoms with van der Waals surface area (Å²) >= 11 is 5.78. The molecule has 1 aromatic rings. The molecule has 0 bridgehead atoms. The van der Waals surface area contributed by atoms with Gasteiger partial charge in [0.25, 0.3) is 0 Å². The summed E-state index contributed by atoms with van der Waals surface area (Å²) in [5.74, 6) is 0.427. The molecular formula is C13H19ClFN. The van der Waals surface area contributed by atoms with Crippen LogP contribution in [0.1, 0.15) is 32.3 Å². The van der Waals surface area contributed by atoms with Crippen LogP contribution in [0.5, 0.6) is 0 Å². The summed E-state index contributed by atoms with van der Waals surface area (Å²) in [6.07, 6.45) is 2.35. The van der Waals surface area contributed by atoms with Gasteiger partial charge in [0.2, 0.25) is 0 Å². The average Bonchev–Trinajstić information content (AvgIpc) is 2.23. The molecule has 0 saturated heterocycles. The van der Waals surface area contributed by atoms with Gasteiger partial charge in [-0.05, 0) is 36.2 Å². The molecule has 0 aromatic heterocycles. The van der Waals surface area contributed by atoms with Gasteiger partial charge in [0.1, 0.15) is 5.82 Å². The standard InChI is InChI=1S/C13H19ClFN/c1-3-10(4-2)8-16-9-11-5-12(14)7-13(15)6-11/h5-7,10,16H,3-4,8-9H2,1-2H3. The van der Waals surface area contributed by atoms with Crippen molar-refractivity contribution in [3.05, 3.63) is 34.6 Å². The number of nitrogens with one attached hydrogen (secondary N) is 1. The van der Waals surface area contributed by atoms with Gasteiger partial charge in [-0.2, -0.15) is 0 Å². The third-order valence-electron chi connectivity index (χ3n) is 2.84. The maximum atomic E-state index is 13.0. The van der Waals surface area contributed by atoms with Gasteiger partial charge in [-0.25, -0.2) is 4.39 Å². The van der Waals surface area contributed by atoms with Crippen LogP contribution in [0.3, 0.4) is 0 Å². The molecule has 0 unspecified atom stereocenters. The average molecular weight is 244 g/mol. The van der Waals surface area contributed by atoms with E-state index < -0.39 is 0 Å². The molecule has 0 aliphatic heterocycles. The summed E-state index contributed by atoms with van der Waals surface area (Å²) in [7, 11) is 0. The summed E-state index contributed by atoms with van der Waals surface area (Å²) in [4.78, 5) is 0. The fourth-order valence-electron chi connectivity index (χ4n) is 1.71. The van der Waals surface area contributed by atoms with Crippen LogP contribution in [-0.4, -0.2) is 6.54 Å². The van der Waals surface area contributed by atoms with Gasteiger partial charge in [0.15, 0.2) is 0 Å². The maximum Gasteiger partial charge on any atom is 0.125 e. The molecule has 0 spiro atoms. The van der Waals surface area contributed by atoms with Crippen molar-refractivity contribution < 1.29 is 4.39 Å². The number of hydrogen-bond donors (Lipinski definition) is 1. The minimum Gasteiger partial charge on any atom is -0.312 e. The molecule has 1 aromatic carbocycles. The highest BCUT2D eigenvalue weighted by Gasteiger charge is 2.03. The molecule has 16 heavy (non-hydrogen) atoms. The largest absolute Gasteiger partial charge is 0.312 e. The van der Waals surface area contributed by atoms with E-state index >= 15 is 0 Å². The Hall–Kier alpha value is -0.600. The van der Waals surface area contributed by atoms with Crippen molar-refractivity contribution >= 4 is 11.6 Å². The van der Waals surface area contributed by atoms with Gasteiger partial charge in [-0.1, -0.05) is 38.3 Å². The third kappa shape index (κ3) is 4.50. The molecule has 0 aliphatic carbocycles. The summed E-state index contributed by atoms with van der Waals surface area (Å²) in [5.41, 5.74) is 0.899. The first kappa shape index (κ1) is 13.5. The van der Waals surface area contributed by atoms with Crippen molar-refractivity contribution in [1.29, 1.82) is 0 Å². The molecule has 90 valence electrons. The first-order valence-corrected chi connectivity index (χ1v) is 6.19. The van der Waals surface area contributed by atoms with Crippen molar-refractivity contribution in [2.75, 3.05) is 6.54 Å². The van der Waals surface area contributed by atoms with Crippen LogP contribution in [0, 0.1) is 11.7 Å². The Morgan fingerprint density at radius 1 is 1.25 bits per heavy atom. The van der Waals surface area contributed by atoms with Crippen LogP contribution >= 0.6 is 11.6 Å². The maximum absolute atomic E-state index is 13.0. The fourth-order valence-corrected chi connectivity index (χ4v) is 1.96. The highest BCUT2D eigenvalue weighted by molar-refractivity contribution is 6.30. The fraction of sp³-hybridized carbons (Fsp3) is 0.538. The monoisotopic (exact) mass is 243 g/mol. The lowest BCUT2D eigenvalue weighted by atomic mass is 10.0. The molecule has 0 saturated carbocycles. The zero-order valence-corrected chi connectivity index (χ0v) is 10.6. The van der Waals surface area contributed by atoms with Crippen LogP contribution in [0.15, 0.2) is 18.2 Å². The third-order valence-corrected chi connectivity index (χ3v) is 3.06. The van der Waals surface area contributed by atoms with E-state index in [2.05, 4.69) is 19.2 Å². The second kappa shape index (κ2) is 6.87. The summed E-state index contributed by atoms with van der Waals surface area (Å²) < 4.78 is 13.0. The van der Waals surface area contributed by atoms with Crippen molar-refractivity contribution in [2.45, 2.75) is 33.2 Å². The van der Waals surface area contributed by atoms with E-state index in [-0.39, 0.29) is 5.82 Å². The molecule has 0 fully saturated rings. The van der Waals surface area contributed by atoms with Crippen LogP contribution in [0.25, 0.3) is 0 Å². The minimum atomic E-state index is -0.271. The molecular weight excluding hydrogens is 225 g/mol. The molecule has 0 heterocycles. The number of hydrogen-bond acceptors (Lipinski definition) is 1. The van der Waals surface area contributed by atoms with Crippen molar-refractivity contribution in [2.24, 2.45) is 5.92 Å². The normalized spacial score (nSPS) is 11.1. The van der Waals surface area contributed by atoms with Crippen LogP contribution in [-0.2, 0) is 6.54 Å².